The average Bonchev–Trinajstić information content (AvgIpc) is 3.23. The van der Waals surface area contributed by atoms with Crippen molar-refractivity contribution in [2.24, 2.45) is 5.92 Å². The highest BCUT2D eigenvalue weighted by Gasteiger charge is 2.41. The molecule has 3 aromatic rings. The molecule has 3 atom stereocenters. The van der Waals surface area contributed by atoms with Gasteiger partial charge >= 0.3 is 0 Å². The van der Waals surface area contributed by atoms with Gasteiger partial charge in [-0.3, -0.25) is 5.10 Å². The largest absolute Gasteiger partial charge is 0.386 e. The van der Waals surface area contributed by atoms with Crippen molar-refractivity contribution in [1.82, 2.24) is 19.7 Å². The molecule has 1 aliphatic carbocycles. The van der Waals surface area contributed by atoms with Gasteiger partial charge in [0.15, 0.2) is 0 Å². The van der Waals surface area contributed by atoms with Gasteiger partial charge in [-0.05, 0) is 24.0 Å². The van der Waals surface area contributed by atoms with Crippen LogP contribution in [0, 0.1) is 5.92 Å². The van der Waals surface area contributed by atoms with Crippen LogP contribution in [0.2, 0.25) is 0 Å². The lowest BCUT2D eigenvalue weighted by Crippen LogP contribution is -2.28. The first kappa shape index (κ1) is 12.2. The molecule has 0 saturated heterocycles. The summed E-state index contributed by atoms with van der Waals surface area (Å²) in [6.07, 6.45) is 7.02. The van der Waals surface area contributed by atoms with Gasteiger partial charge in [0.2, 0.25) is 0 Å². The van der Waals surface area contributed by atoms with Crippen LogP contribution in [0.25, 0.3) is 11.3 Å². The van der Waals surface area contributed by atoms with Crippen LogP contribution in [-0.4, -0.2) is 24.9 Å². The van der Waals surface area contributed by atoms with Crippen LogP contribution in [0.1, 0.15) is 35.4 Å². The first-order chi connectivity index (χ1) is 10.8. The minimum Gasteiger partial charge on any atom is -0.386 e. The Kier molecular flexibility index (Phi) is 2.38. The maximum absolute atomic E-state index is 10.9. The second kappa shape index (κ2) is 4.30. The minimum absolute atomic E-state index is 0.129. The Balaban J connectivity index is 1.65. The van der Waals surface area contributed by atoms with Crippen molar-refractivity contribution < 1.29 is 5.11 Å². The fraction of sp³-hybridized carbons (Fsp3) is 0.294. The number of aromatic amines is 1. The van der Waals surface area contributed by atoms with Crippen LogP contribution in [0.3, 0.4) is 0 Å². The number of H-pyrrole nitrogens is 1. The molecule has 0 fully saturated rings. The topological polar surface area (TPSA) is 66.7 Å². The zero-order valence-corrected chi connectivity index (χ0v) is 12.0. The summed E-state index contributed by atoms with van der Waals surface area (Å²) in [5.41, 5.74) is 5.67. The monoisotopic (exact) mass is 292 g/mol. The van der Waals surface area contributed by atoms with Crippen molar-refractivity contribution >= 4 is 0 Å². The first-order valence-electron chi connectivity index (χ1n) is 7.66. The number of aromatic nitrogens is 4. The molecular formula is C17H16N4O. The standard InChI is InChI=1S/C17H16N4O/c22-17-13(6-5-10-7-19-20-15(10)17)16-12-4-2-1-3-11(12)14-8-18-9-21(14)16/h1-4,7-9,13,16-17,22H,5-6H2,(H,19,20)/t13-,16-,17-/m0/s1. The number of hydrogen-bond donors (Lipinski definition) is 2. The minimum atomic E-state index is -0.516. The van der Waals surface area contributed by atoms with Crippen LogP contribution in [0.15, 0.2) is 43.0 Å². The predicted octanol–water partition coefficient (Wildman–Crippen LogP) is 2.47. The van der Waals surface area contributed by atoms with Crippen LogP contribution in [-0.2, 0) is 6.42 Å². The lowest BCUT2D eigenvalue weighted by atomic mass is 9.78. The Morgan fingerprint density at radius 3 is 3.09 bits per heavy atom. The zero-order valence-electron chi connectivity index (χ0n) is 12.0. The number of fused-ring (bicyclic) bond motifs is 4. The molecule has 1 aromatic carbocycles. The fourth-order valence-corrected chi connectivity index (χ4v) is 4.11. The van der Waals surface area contributed by atoms with Gasteiger partial charge in [-0.2, -0.15) is 5.10 Å². The van der Waals surface area contributed by atoms with E-state index in [0.29, 0.717) is 0 Å². The zero-order chi connectivity index (χ0) is 14.7. The number of aryl methyl sites for hydroxylation is 1. The summed E-state index contributed by atoms with van der Waals surface area (Å²) < 4.78 is 2.21. The van der Waals surface area contributed by atoms with E-state index in [1.165, 1.54) is 11.1 Å². The van der Waals surface area contributed by atoms with E-state index in [-0.39, 0.29) is 12.0 Å². The molecule has 2 aromatic heterocycles. The SMILES string of the molecule is O[C@@H]1c2[nH]ncc2CC[C@H]1[C@@H]1c2ccccc2-c2cncn21. The van der Waals surface area contributed by atoms with E-state index in [9.17, 15) is 5.11 Å². The fourth-order valence-electron chi connectivity index (χ4n) is 4.11. The van der Waals surface area contributed by atoms with Crippen molar-refractivity contribution in [2.45, 2.75) is 25.0 Å². The summed E-state index contributed by atoms with van der Waals surface area (Å²) in [5, 5.41) is 17.9. The molecule has 22 heavy (non-hydrogen) atoms. The van der Waals surface area contributed by atoms with Crippen molar-refractivity contribution in [3.05, 3.63) is 59.8 Å². The maximum Gasteiger partial charge on any atom is 0.101 e. The number of rotatable bonds is 1. The van der Waals surface area contributed by atoms with Crippen molar-refractivity contribution in [3.63, 3.8) is 0 Å². The van der Waals surface area contributed by atoms with Crippen molar-refractivity contribution in [2.75, 3.05) is 0 Å². The highest BCUT2D eigenvalue weighted by Crippen LogP contribution is 2.49. The third-order valence-electron chi connectivity index (χ3n) is 5.13. The molecule has 110 valence electrons. The van der Waals surface area contributed by atoms with Gasteiger partial charge in [-0.15, -0.1) is 0 Å². The number of benzene rings is 1. The summed E-state index contributed by atoms with van der Waals surface area (Å²) >= 11 is 0. The number of imidazole rings is 1. The van der Waals surface area contributed by atoms with E-state index in [4.69, 9.17) is 0 Å². The third-order valence-corrected chi connectivity index (χ3v) is 5.13. The lowest BCUT2D eigenvalue weighted by molar-refractivity contribution is 0.0684. The molecule has 0 radical (unpaired) electrons. The van der Waals surface area contributed by atoms with Gasteiger partial charge in [0, 0.05) is 11.5 Å². The summed E-state index contributed by atoms with van der Waals surface area (Å²) in [5.74, 6) is 0.129. The molecule has 0 saturated carbocycles. The van der Waals surface area contributed by atoms with Crippen LogP contribution >= 0.6 is 0 Å². The molecule has 0 bridgehead atoms. The average molecular weight is 292 g/mol. The number of hydrogen-bond acceptors (Lipinski definition) is 3. The molecule has 5 rings (SSSR count). The van der Waals surface area contributed by atoms with E-state index in [1.54, 1.807) is 0 Å². The van der Waals surface area contributed by atoms with E-state index >= 15 is 0 Å². The van der Waals surface area contributed by atoms with Gasteiger partial charge in [0.05, 0.1) is 36.2 Å². The second-order valence-corrected chi connectivity index (χ2v) is 6.17. The van der Waals surface area contributed by atoms with Crippen molar-refractivity contribution in [1.29, 1.82) is 0 Å². The Morgan fingerprint density at radius 2 is 2.14 bits per heavy atom. The summed E-state index contributed by atoms with van der Waals surface area (Å²) in [6, 6.07) is 8.58. The molecule has 3 heterocycles. The molecule has 0 unspecified atom stereocenters. The van der Waals surface area contributed by atoms with E-state index in [1.807, 2.05) is 18.7 Å². The molecule has 2 aliphatic rings. The quantitative estimate of drug-likeness (QED) is 0.724. The van der Waals surface area contributed by atoms with Gasteiger partial charge in [0.1, 0.15) is 6.10 Å². The summed E-state index contributed by atoms with van der Waals surface area (Å²) in [4.78, 5) is 4.31. The molecule has 2 N–H and O–H groups in total. The smallest absolute Gasteiger partial charge is 0.101 e. The number of nitrogens with zero attached hydrogens (tertiary/aromatic N) is 3. The predicted molar refractivity (Wildman–Crippen MR) is 81.2 cm³/mol. The molecule has 0 spiro atoms. The first-order valence-corrected chi connectivity index (χ1v) is 7.66. The molecule has 5 nitrogen and oxygen atoms in total. The Morgan fingerprint density at radius 1 is 1.23 bits per heavy atom. The van der Waals surface area contributed by atoms with E-state index in [2.05, 4.69) is 44.0 Å². The van der Waals surface area contributed by atoms with E-state index in [0.717, 1.165) is 29.8 Å². The Labute approximate surface area is 127 Å². The number of aliphatic hydroxyl groups excluding tert-OH is 1. The Bertz CT molecular complexity index is 850. The second-order valence-electron chi connectivity index (χ2n) is 6.17. The maximum atomic E-state index is 10.9. The Hall–Kier alpha value is -2.40. The lowest BCUT2D eigenvalue weighted by Gasteiger charge is -2.33. The number of aliphatic hydroxyl groups is 1. The van der Waals surface area contributed by atoms with Crippen molar-refractivity contribution in [3.8, 4) is 11.3 Å². The van der Waals surface area contributed by atoms with Crippen LogP contribution < -0.4 is 0 Å². The number of nitrogens with one attached hydrogen (secondary N) is 1. The summed E-state index contributed by atoms with van der Waals surface area (Å²) in [6.45, 7) is 0. The van der Waals surface area contributed by atoms with Gasteiger partial charge in [-0.25, -0.2) is 4.98 Å². The molecule has 1 aliphatic heterocycles. The van der Waals surface area contributed by atoms with Gasteiger partial charge in [-0.1, -0.05) is 24.3 Å². The third kappa shape index (κ3) is 1.46. The summed E-state index contributed by atoms with van der Waals surface area (Å²) in [7, 11) is 0. The van der Waals surface area contributed by atoms with Crippen LogP contribution in [0.5, 0.6) is 0 Å². The van der Waals surface area contributed by atoms with Gasteiger partial charge in [0.25, 0.3) is 0 Å². The molecule has 0 amide bonds. The normalized spacial score (nSPS) is 25.6. The highest BCUT2D eigenvalue weighted by atomic mass is 16.3. The van der Waals surface area contributed by atoms with Gasteiger partial charge < -0.3 is 9.67 Å². The van der Waals surface area contributed by atoms with Crippen LogP contribution in [0.4, 0.5) is 0 Å². The molecule has 5 heteroatoms. The highest BCUT2D eigenvalue weighted by molar-refractivity contribution is 5.69. The van der Waals surface area contributed by atoms with E-state index < -0.39 is 6.10 Å². The molecular weight excluding hydrogens is 276 g/mol.